The second kappa shape index (κ2) is 5.13. The van der Waals surface area contributed by atoms with Crippen molar-refractivity contribution < 1.29 is 4.79 Å². The highest BCUT2D eigenvalue weighted by Crippen LogP contribution is 2.48. The van der Waals surface area contributed by atoms with Crippen LogP contribution in [-0.4, -0.2) is 47.9 Å². The zero-order chi connectivity index (χ0) is 13.4. The predicted molar refractivity (Wildman–Crippen MR) is 72.2 cm³/mol. The minimum absolute atomic E-state index is 0.0280. The van der Waals surface area contributed by atoms with Gasteiger partial charge in [0.15, 0.2) is 0 Å². The Balaban J connectivity index is 1.54. The summed E-state index contributed by atoms with van der Waals surface area (Å²) in [5.41, 5.74) is 0. The van der Waals surface area contributed by atoms with E-state index in [0.717, 1.165) is 38.5 Å². The second-order valence-electron chi connectivity index (χ2n) is 6.45. The molecule has 0 aromatic rings. The van der Waals surface area contributed by atoms with E-state index in [0.29, 0.717) is 17.7 Å². The fourth-order valence-electron chi connectivity index (χ4n) is 4.19. The van der Waals surface area contributed by atoms with Gasteiger partial charge in [-0.1, -0.05) is 6.42 Å². The molecule has 4 nitrogen and oxygen atoms in total. The van der Waals surface area contributed by atoms with Crippen molar-refractivity contribution in [3.05, 3.63) is 0 Å². The molecule has 1 aliphatic heterocycles. The predicted octanol–water partition coefficient (Wildman–Crippen LogP) is 1.48. The van der Waals surface area contributed by atoms with Gasteiger partial charge in [0.1, 0.15) is 0 Å². The van der Waals surface area contributed by atoms with Crippen molar-refractivity contribution in [3.8, 4) is 6.07 Å². The Morgan fingerprint density at radius 3 is 2.47 bits per heavy atom. The average molecular weight is 261 g/mol. The molecule has 1 saturated heterocycles. The van der Waals surface area contributed by atoms with Crippen LogP contribution in [0.5, 0.6) is 0 Å². The largest absolute Gasteiger partial charge is 0.340 e. The number of piperazine rings is 1. The number of nitrogens with zero attached hydrogens (tertiary/aromatic N) is 3. The van der Waals surface area contributed by atoms with Gasteiger partial charge in [0.2, 0.25) is 5.91 Å². The van der Waals surface area contributed by atoms with Crippen LogP contribution in [0.2, 0.25) is 0 Å². The first-order valence-electron chi connectivity index (χ1n) is 7.61. The zero-order valence-electron chi connectivity index (χ0n) is 11.7. The summed E-state index contributed by atoms with van der Waals surface area (Å²) in [6.07, 6.45) is 5.05. The molecule has 2 saturated carbocycles. The van der Waals surface area contributed by atoms with E-state index in [9.17, 15) is 4.79 Å². The minimum atomic E-state index is -0.0280. The van der Waals surface area contributed by atoms with E-state index in [2.05, 4.69) is 11.0 Å². The lowest BCUT2D eigenvalue weighted by atomic mass is 9.87. The number of nitriles is 1. The molecule has 3 aliphatic rings. The maximum atomic E-state index is 12.6. The fourth-order valence-corrected chi connectivity index (χ4v) is 4.19. The smallest absolute Gasteiger partial charge is 0.226 e. The molecule has 19 heavy (non-hydrogen) atoms. The van der Waals surface area contributed by atoms with Gasteiger partial charge in [-0.3, -0.25) is 9.69 Å². The molecule has 4 heteroatoms. The summed E-state index contributed by atoms with van der Waals surface area (Å²) in [7, 11) is 0. The number of hydrogen-bond donors (Lipinski definition) is 0. The molecular formula is C15H23N3O. The number of amides is 1. The van der Waals surface area contributed by atoms with Crippen molar-refractivity contribution >= 4 is 5.91 Å². The third-order valence-corrected chi connectivity index (χ3v) is 5.42. The first-order valence-corrected chi connectivity index (χ1v) is 7.61. The van der Waals surface area contributed by atoms with Crippen molar-refractivity contribution in [1.29, 1.82) is 5.26 Å². The van der Waals surface area contributed by atoms with Gasteiger partial charge in [0.25, 0.3) is 0 Å². The molecule has 4 unspecified atom stereocenters. The van der Waals surface area contributed by atoms with E-state index in [-0.39, 0.29) is 6.04 Å². The molecule has 0 N–H and O–H groups in total. The standard InChI is InChI=1S/C15H23N3O/c1-11(10-16)17-4-6-18(7-5-17)15(19)14-9-12-2-3-13(14)8-12/h11-14H,2-9H2,1H3. The zero-order valence-corrected chi connectivity index (χ0v) is 11.7. The molecule has 4 atom stereocenters. The molecule has 2 bridgehead atoms. The number of carbonyl (C=O) groups is 1. The molecule has 1 heterocycles. The van der Waals surface area contributed by atoms with Crippen molar-refractivity contribution in [2.75, 3.05) is 26.2 Å². The van der Waals surface area contributed by atoms with E-state index in [4.69, 9.17) is 5.26 Å². The van der Waals surface area contributed by atoms with E-state index in [1.54, 1.807) is 0 Å². The lowest BCUT2D eigenvalue weighted by Gasteiger charge is -2.38. The van der Waals surface area contributed by atoms with Crippen LogP contribution >= 0.6 is 0 Å². The highest BCUT2D eigenvalue weighted by molar-refractivity contribution is 5.79. The number of hydrogen-bond acceptors (Lipinski definition) is 3. The van der Waals surface area contributed by atoms with Gasteiger partial charge in [-0.05, 0) is 38.0 Å². The van der Waals surface area contributed by atoms with Crippen LogP contribution in [0.3, 0.4) is 0 Å². The van der Waals surface area contributed by atoms with Gasteiger partial charge in [0.05, 0.1) is 12.1 Å². The Morgan fingerprint density at radius 1 is 1.21 bits per heavy atom. The SMILES string of the molecule is CC(C#N)N1CCN(C(=O)C2CC3CCC2C3)CC1. The molecule has 104 valence electrons. The second-order valence-corrected chi connectivity index (χ2v) is 6.45. The summed E-state index contributed by atoms with van der Waals surface area (Å²) in [4.78, 5) is 16.8. The third-order valence-electron chi connectivity index (χ3n) is 5.42. The van der Waals surface area contributed by atoms with Gasteiger partial charge < -0.3 is 4.90 Å². The molecule has 0 aromatic heterocycles. The van der Waals surface area contributed by atoms with Crippen LogP contribution in [0.1, 0.15) is 32.6 Å². The van der Waals surface area contributed by atoms with E-state index in [1.165, 1.54) is 19.3 Å². The minimum Gasteiger partial charge on any atom is -0.340 e. The molecule has 0 spiro atoms. The Bertz CT molecular complexity index is 395. The van der Waals surface area contributed by atoms with Crippen molar-refractivity contribution in [1.82, 2.24) is 9.80 Å². The van der Waals surface area contributed by atoms with Crippen LogP contribution in [0, 0.1) is 29.1 Å². The maximum absolute atomic E-state index is 12.6. The highest BCUT2D eigenvalue weighted by Gasteiger charge is 2.44. The number of fused-ring (bicyclic) bond motifs is 2. The summed E-state index contributed by atoms with van der Waals surface area (Å²) >= 11 is 0. The first-order chi connectivity index (χ1) is 9.19. The molecule has 1 amide bonds. The van der Waals surface area contributed by atoms with Gasteiger partial charge in [0, 0.05) is 32.1 Å². The highest BCUT2D eigenvalue weighted by atomic mass is 16.2. The van der Waals surface area contributed by atoms with Gasteiger partial charge in [-0.25, -0.2) is 0 Å². The lowest BCUT2D eigenvalue weighted by Crippen LogP contribution is -2.52. The summed E-state index contributed by atoms with van der Waals surface area (Å²) in [6.45, 7) is 5.24. The normalized spacial score (nSPS) is 36.2. The first kappa shape index (κ1) is 12.9. The Morgan fingerprint density at radius 2 is 1.95 bits per heavy atom. The molecule has 3 fully saturated rings. The average Bonchev–Trinajstić information content (AvgIpc) is 3.08. The summed E-state index contributed by atoms with van der Waals surface area (Å²) < 4.78 is 0. The summed E-state index contributed by atoms with van der Waals surface area (Å²) in [6, 6.07) is 2.25. The summed E-state index contributed by atoms with van der Waals surface area (Å²) in [5.74, 6) is 2.22. The number of rotatable bonds is 2. The van der Waals surface area contributed by atoms with Gasteiger partial charge >= 0.3 is 0 Å². The number of carbonyl (C=O) groups excluding carboxylic acids is 1. The van der Waals surface area contributed by atoms with Crippen molar-refractivity contribution in [3.63, 3.8) is 0 Å². The monoisotopic (exact) mass is 261 g/mol. The van der Waals surface area contributed by atoms with E-state index < -0.39 is 0 Å². The van der Waals surface area contributed by atoms with Crippen LogP contribution in [-0.2, 0) is 4.79 Å². The van der Waals surface area contributed by atoms with Crippen LogP contribution < -0.4 is 0 Å². The fraction of sp³-hybridized carbons (Fsp3) is 0.867. The Hall–Kier alpha value is -1.08. The topological polar surface area (TPSA) is 47.3 Å². The Labute approximate surface area is 115 Å². The molecule has 0 radical (unpaired) electrons. The molecule has 3 rings (SSSR count). The molecular weight excluding hydrogens is 238 g/mol. The molecule has 2 aliphatic carbocycles. The van der Waals surface area contributed by atoms with Gasteiger partial charge in [-0.15, -0.1) is 0 Å². The summed E-state index contributed by atoms with van der Waals surface area (Å²) in [5, 5.41) is 8.93. The van der Waals surface area contributed by atoms with Gasteiger partial charge in [-0.2, -0.15) is 5.26 Å². The van der Waals surface area contributed by atoms with E-state index in [1.807, 2.05) is 11.8 Å². The van der Waals surface area contributed by atoms with Crippen molar-refractivity contribution in [2.24, 2.45) is 17.8 Å². The maximum Gasteiger partial charge on any atom is 0.226 e. The quantitative estimate of drug-likeness (QED) is 0.756. The van der Waals surface area contributed by atoms with Crippen molar-refractivity contribution in [2.45, 2.75) is 38.6 Å². The third kappa shape index (κ3) is 2.36. The lowest BCUT2D eigenvalue weighted by molar-refractivity contribution is -0.139. The van der Waals surface area contributed by atoms with E-state index >= 15 is 0 Å². The molecule has 0 aromatic carbocycles. The Kier molecular flexibility index (Phi) is 3.49. The van der Waals surface area contributed by atoms with Crippen LogP contribution in [0.15, 0.2) is 0 Å². The van der Waals surface area contributed by atoms with Crippen LogP contribution in [0.4, 0.5) is 0 Å². The van der Waals surface area contributed by atoms with Crippen LogP contribution in [0.25, 0.3) is 0 Å².